The molecule has 5 heteroatoms. The van der Waals surface area contributed by atoms with Crippen LogP contribution in [0.4, 0.5) is 0 Å². The Morgan fingerprint density at radius 1 is 1.26 bits per heavy atom. The van der Waals surface area contributed by atoms with Crippen molar-refractivity contribution in [3.63, 3.8) is 0 Å². The van der Waals surface area contributed by atoms with Gasteiger partial charge in [-0.3, -0.25) is 4.79 Å². The van der Waals surface area contributed by atoms with E-state index in [0.717, 1.165) is 22.6 Å². The zero-order valence-electron chi connectivity index (χ0n) is 13.5. The maximum absolute atomic E-state index is 11.8. The van der Waals surface area contributed by atoms with Gasteiger partial charge >= 0.3 is 0 Å². The van der Waals surface area contributed by atoms with E-state index < -0.39 is 0 Å². The molecular formula is C18H20N2O3. The lowest BCUT2D eigenvalue weighted by molar-refractivity contribution is -0.123. The first-order chi connectivity index (χ1) is 11.1. The lowest BCUT2D eigenvalue weighted by Crippen LogP contribution is -2.25. The van der Waals surface area contributed by atoms with Crippen molar-refractivity contribution in [2.24, 2.45) is 5.10 Å². The largest absolute Gasteiger partial charge is 0.483 e. The van der Waals surface area contributed by atoms with Crippen LogP contribution in [0.15, 0.2) is 52.2 Å². The SMILES string of the molecule is CC(/C=C/c1ccco1)=N/NC(=O)COc1c(C)cccc1C. The number of carbonyl (C=O) groups is 1. The first kappa shape index (κ1) is 16.5. The van der Waals surface area contributed by atoms with E-state index in [1.807, 2.05) is 38.1 Å². The quantitative estimate of drug-likeness (QED) is 0.656. The van der Waals surface area contributed by atoms with Crippen LogP contribution in [0, 0.1) is 13.8 Å². The minimum Gasteiger partial charge on any atom is -0.483 e. The molecule has 1 aromatic heterocycles. The molecule has 0 aliphatic heterocycles. The molecule has 1 amide bonds. The summed E-state index contributed by atoms with van der Waals surface area (Å²) in [7, 11) is 0. The Labute approximate surface area is 135 Å². The molecule has 0 saturated carbocycles. The lowest BCUT2D eigenvalue weighted by atomic mass is 10.1. The van der Waals surface area contributed by atoms with Crippen LogP contribution in [0.1, 0.15) is 23.8 Å². The molecule has 0 saturated heterocycles. The molecular weight excluding hydrogens is 292 g/mol. The number of ether oxygens (including phenoxy) is 1. The topological polar surface area (TPSA) is 63.8 Å². The van der Waals surface area contributed by atoms with Crippen molar-refractivity contribution >= 4 is 17.7 Å². The van der Waals surface area contributed by atoms with E-state index in [4.69, 9.17) is 9.15 Å². The van der Waals surface area contributed by atoms with Gasteiger partial charge in [0, 0.05) is 0 Å². The third kappa shape index (κ3) is 5.14. The molecule has 120 valence electrons. The molecule has 0 fully saturated rings. The second-order valence-corrected chi connectivity index (χ2v) is 5.15. The van der Waals surface area contributed by atoms with E-state index in [0.29, 0.717) is 5.71 Å². The number of hydrogen-bond donors (Lipinski definition) is 1. The van der Waals surface area contributed by atoms with Gasteiger partial charge < -0.3 is 9.15 Å². The summed E-state index contributed by atoms with van der Waals surface area (Å²) in [6, 6.07) is 9.49. The molecule has 2 aromatic rings. The summed E-state index contributed by atoms with van der Waals surface area (Å²) in [5.41, 5.74) is 5.12. The summed E-state index contributed by atoms with van der Waals surface area (Å²) in [6.07, 6.45) is 5.13. The third-order valence-electron chi connectivity index (χ3n) is 3.15. The van der Waals surface area contributed by atoms with Crippen molar-refractivity contribution in [1.29, 1.82) is 0 Å². The zero-order chi connectivity index (χ0) is 16.7. The molecule has 0 spiro atoms. The third-order valence-corrected chi connectivity index (χ3v) is 3.15. The lowest BCUT2D eigenvalue weighted by Gasteiger charge is -2.10. The Morgan fingerprint density at radius 2 is 2.00 bits per heavy atom. The predicted octanol–water partition coefficient (Wildman–Crippen LogP) is 3.48. The molecule has 0 aliphatic rings. The number of aryl methyl sites for hydroxylation is 2. The average molecular weight is 312 g/mol. The first-order valence-electron chi connectivity index (χ1n) is 7.30. The Bertz CT molecular complexity index is 696. The highest BCUT2D eigenvalue weighted by Gasteiger charge is 2.06. The van der Waals surface area contributed by atoms with Gasteiger partial charge in [-0.15, -0.1) is 0 Å². The van der Waals surface area contributed by atoms with Crippen LogP contribution in [-0.4, -0.2) is 18.2 Å². The van der Waals surface area contributed by atoms with E-state index in [-0.39, 0.29) is 12.5 Å². The number of para-hydroxylation sites is 1. The van der Waals surface area contributed by atoms with Crippen LogP contribution in [-0.2, 0) is 4.79 Å². The summed E-state index contributed by atoms with van der Waals surface area (Å²) in [6.45, 7) is 5.60. The van der Waals surface area contributed by atoms with Crippen molar-refractivity contribution in [2.75, 3.05) is 6.61 Å². The van der Waals surface area contributed by atoms with E-state index in [1.165, 1.54) is 0 Å². The van der Waals surface area contributed by atoms with Crippen LogP contribution in [0.3, 0.4) is 0 Å². The highest BCUT2D eigenvalue weighted by Crippen LogP contribution is 2.21. The molecule has 0 atom stereocenters. The number of benzene rings is 1. The van der Waals surface area contributed by atoms with Gasteiger partial charge in [-0.05, 0) is 56.2 Å². The van der Waals surface area contributed by atoms with Crippen LogP contribution in [0.2, 0.25) is 0 Å². The monoisotopic (exact) mass is 312 g/mol. The fourth-order valence-electron chi connectivity index (χ4n) is 1.97. The van der Waals surface area contributed by atoms with Crippen LogP contribution >= 0.6 is 0 Å². The highest BCUT2D eigenvalue weighted by molar-refractivity contribution is 5.96. The predicted molar refractivity (Wildman–Crippen MR) is 90.4 cm³/mol. The molecule has 2 rings (SSSR count). The number of nitrogens with one attached hydrogen (secondary N) is 1. The highest BCUT2D eigenvalue weighted by atomic mass is 16.5. The number of hydrazone groups is 1. The molecule has 5 nitrogen and oxygen atoms in total. The Kier molecular flexibility index (Phi) is 5.74. The van der Waals surface area contributed by atoms with Crippen molar-refractivity contribution in [3.8, 4) is 5.75 Å². The second kappa shape index (κ2) is 7.98. The van der Waals surface area contributed by atoms with Crippen LogP contribution in [0.25, 0.3) is 6.08 Å². The van der Waals surface area contributed by atoms with Gasteiger partial charge in [-0.25, -0.2) is 5.43 Å². The molecule has 0 aliphatic carbocycles. The number of nitrogens with zero attached hydrogens (tertiary/aromatic N) is 1. The minimum absolute atomic E-state index is 0.0790. The first-order valence-corrected chi connectivity index (χ1v) is 7.30. The summed E-state index contributed by atoms with van der Waals surface area (Å²) in [5, 5.41) is 3.99. The number of rotatable bonds is 6. The Balaban J connectivity index is 1.84. The fourth-order valence-corrected chi connectivity index (χ4v) is 1.97. The number of hydrogen-bond acceptors (Lipinski definition) is 4. The van der Waals surface area contributed by atoms with Crippen LogP contribution < -0.4 is 10.2 Å². The second-order valence-electron chi connectivity index (χ2n) is 5.15. The fraction of sp³-hybridized carbons (Fsp3) is 0.222. The molecule has 1 N–H and O–H groups in total. The van der Waals surface area contributed by atoms with Crippen molar-refractivity contribution in [2.45, 2.75) is 20.8 Å². The van der Waals surface area contributed by atoms with Crippen molar-refractivity contribution in [3.05, 3.63) is 59.6 Å². The Hall–Kier alpha value is -2.82. The van der Waals surface area contributed by atoms with Gasteiger partial charge in [0.15, 0.2) is 6.61 Å². The smallest absolute Gasteiger partial charge is 0.277 e. The maximum atomic E-state index is 11.8. The number of carbonyl (C=O) groups excluding carboxylic acids is 1. The minimum atomic E-state index is -0.307. The summed E-state index contributed by atoms with van der Waals surface area (Å²) < 4.78 is 10.7. The van der Waals surface area contributed by atoms with E-state index in [1.54, 1.807) is 31.4 Å². The van der Waals surface area contributed by atoms with E-state index >= 15 is 0 Å². The van der Waals surface area contributed by atoms with E-state index in [2.05, 4.69) is 10.5 Å². The normalized spacial score (nSPS) is 11.7. The number of furan rings is 1. The van der Waals surface area contributed by atoms with Crippen molar-refractivity contribution < 1.29 is 13.9 Å². The van der Waals surface area contributed by atoms with Crippen LogP contribution in [0.5, 0.6) is 5.75 Å². The maximum Gasteiger partial charge on any atom is 0.277 e. The molecule has 23 heavy (non-hydrogen) atoms. The molecule has 0 unspecified atom stereocenters. The van der Waals surface area contributed by atoms with Crippen molar-refractivity contribution in [1.82, 2.24) is 5.43 Å². The zero-order valence-corrected chi connectivity index (χ0v) is 13.5. The van der Waals surface area contributed by atoms with E-state index in [9.17, 15) is 4.79 Å². The number of amides is 1. The summed E-state index contributed by atoms with van der Waals surface area (Å²) in [4.78, 5) is 11.8. The van der Waals surface area contributed by atoms with Gasteiger partial charge in [0.1, 0.15) is 11.5 Å². The molecule has 0 bridgehead atoms. The molecule has 0 radical (unpaired) electrons. The van der Waals surface area contributed by atoms with Gasteiger partial charge in [0.25, 0.3) is 5.91 Å². The van der Waals surface area contributed by atoms with Gasteiger partial charge in [-0.1, -0.05) is 18.2 Å². The summed E-state index contributed by atoms with van der Waals surface area (Å²) >= 11 is 0. The summed E-state index contributed by atoms with van der Waals surface area (Å²) in [5.74, 6) is 1.16. The molecule has 1 aromatic carbocycles. The molecule has 1 heterocycles. The number of allylic oxidation sites excluding steroid dienone is 1. The van der Waals surface area contributed by atoms with Gasteiger partial charge in [0.2, 0.25) is 0 Å². The Morgan fingerprint density at radius 3 is 2.65 bits per heavy atom. The van der Waals surface area contributed by atoms with Gasteiger partial charge in [-0.2, -0.15) is 5.10 Å². The average Bonchev–Trinajstić information content (AvgIpc) is 3.04. The standard InChI is InChI=1S/C18H20N2O3/c1-13-6-4-7-14(2)18(13)23-12-17(21)20-19-15(3)9-10-16-8-5-11-22-16/h4-11H,12H2,1-3H3,(H,20,21)/b10-9+,19-15-. The van der Waals surface area contributed by atoms with Gasteiger partial charge in [0.05, 0.1) is 12.0 Å².